The summed E-state index contributed by atoms with van der Waals surface area (Å²) >= 11 is 1.34. The van der Waals surface area contributed by atoms with E-state index < -0.39 is 35.4 Å². The molecule has 0 aromatic carbocycles. The highest BCUT2D eigenvalue weighted by atomic mass is 32.2. The predicted octanol–water partition coefficient (Wildman–Crippen LogP) is 4.87. The second-order valence-electron chi connectivity index (χ2n) is 7.66. The Labute approximate surface area is 179 Å². The number of carbonyl (C=O) groups is 1. The number of halogens is 5. The van der Waals surface area contributed by atoms with Crippen LogP contribution in [0.4, 0.5) is 33.5 Å². The fourth-order valence-corrected chi connectivity index (χ4v) is 4.51. The smallest absolute Gasteiger partial charge is 0.355 e. The fraction of sp³-hybridized carbons (Fsp3) is 0.450. The highest BCUT2D eigenvalue weighted by Gasteiger charge is 2.69. The van der Waals surface area contributed by atoms with Gasteiger partial charge in [-0.15, -0.1) is 11.8 Å². The number of hydrogen-bond donors (Lipinski definition) is 1. The Hall–Kier alpha value is -2.43. The second-order valence-corrected chi connectivity index (χ2v) is 8.48. The van der Waals surface area contributed by atoms with E-state index in [1.165, 1.54) is 35.8 Å². The molecular weight excluding hydrogens is 439 g/mol. The van der Waals surface area contributed by atoms with E-state index in [1.807, 2.05) is 0 Å². The summed E-state index contributed by atoms with van der Waals surface area (Å²) in [6.45, 7) is 1.34. The first-order valence-electron chi connectivity index (χ1n) is 9.55. The molecule has 4 rings (SSSR count). The lowest BCUT2D eigenvalue weighted by Gasteiger charge is -2.29. The van der Waals surface area contributed by atoms with Crippen LogP contribution in [0, 0.1) is 18.8 Å². The summed E-state index contributed by atoms with van der Waals surface area (Å²) in [6.07, 6.45) is -0.577. The van der Waals surface area contributed by atoms with Crippen LogP contribution in [0.3, 0.4) is 0 Å². The molecule has 2 unspecified atom stereocenters. The van der Waals surface area contributed by atoms with Crippen LogP contribution in [0.15, 0.2) is 29.6 Å². The van der Waals surface area contributed by atoms with Gasteiger partial charge in [0.2, 0.25) is 0 Å². The van der Waals surface area contributed by atoms with Crippen LogP contribution in [-0.4, -0.2) is 41.1 Å². The molecule has 0 spiro atoms. The Morgan fingerprint density at radius 2 is 2.03 bits per heavy atom. The van der Waals surface area contributed by atoms with Gasteiger partial charge >= 0.3 is 6.18 Å². The Morgan fingerprint density at radius 3 is 2.68 bits per heavy atom. The lowest BCUT2D eigenvalue weighted by atomic mass is 10.0. The van der Waals surface area contributed by atoms with Gasteiger partial charge in [-0.3, -0.25) is 4.79 Å². The van der Waals surface area contributed by atoms with Crippen molar-refractivity contribution in [2.75, 3.05) is 29.6 Å². The molecule has 2 aliphatic rings. The number of thioether (sulfide) groups is 1. The minimum absolute atomic E-state index is 0.0108. The predicted molar refractivity (Wildman–Crippen MR) is 107 cm³/mol. The number of nitrogens with zero attached hydrogens (tertiary/aromatic N) is 3. The fourth-order valence-electron chi connectivity index (χ4n) is 4.10. The first kappa shape index (κ1) is 21.8. The molecular formula is C20H19F5N4OS. The van der Waals surface area contributed by atoms with Gasteiger partial charge in [-0.2, -0.15) is 13.2 Å². The summed E-state index contributed by atoms with van der Waals surface area (Å²) in [5, 5.41) is 3.22. The molecule has 2 aromatic heterocycles. The summed E-state index contributed by atoms with van der Waals surface area (Å²) < 4.78 is 68.1. The summed E-state index contributed by atoms with van der Waals surface area (Å²) in [5.74, 6) is -5.15. The molecule has 1 aliphatic carbocycles. The van der Waals surface area contributed by atoms with E-state index >= 15 is 0 Å². The van der Waals surface area contributed by atoms with E-state index in [9.17, 15) is 26.7 Å². The van der Waals surface area contributed by atoms with Gasteiger partial charge in [0, 0.05) is 43.0 Å². The molecule has 2 fully saturated rings. The van der Waals surface area contributed by atoms with Crippen molar-refractivity contribution in [1.29, 1.82) is 0 Å². The zero-order valence-corrected chi connectivity index (χ0v) is 17.4. The van der Waals surface area contributed by atoms with Crippen LogP contribution < -0.4 is 10.2 Å². The van der Waals surface area contributed by atoms with Gasteiger partial charge < -0.3 is 10.2 Å². The van der Waals surface area contributed by atoms with Crippen LogP contribution in [0.1, 0.15) is 27.9 Å². The zero-order chi connectivity index (χ0) is 22.6. The van der Waals surface area contributed by atoms with Gasteiger partial charge in [0.1, 0.15) is 5.82 Å². The van der Waals surface area contributed by atoms with Crippen molar-refractivity contribution in [2.24, 2.45) is 11.8 Å². The molecule has 2 aromatic rings. The molecule has 11 heteroatoms. The van der Waals surface area contributed by atoms with E-state index in [2.05, 4.69) is 15.3 Å². The zero-order valence-electron chi connectivity index (χ0n) is 16.6. The van der Waals surface area contributed by atoms with Crippen molar-refractivity contribution in [2.45, 2.75) is 30.5 Å². The molecule has 2 atom stereocenters. The maximum absolute atomic E-state index is 13.8. The van der Waals surface area contributed by atoms with Crippen molar-refractivity contribution in [3.8, 4) is 0 Å². The third-order valence-corrected chi connectivity index (χ3v) is 6.49. The number of amides is 1. The van der Waals surface area contributed by atoms with E-state index in [0.717, 1.165) is 0 Å². The lowest BCUT2D eigenvalue weighted by molar-refractivity contribution is -0.138. The largest absolute Gasteiger partial charge is 0.418 e. The molecule has 1 aliphatic heterocycles. The van der Waals surface area contributed by atoms with E-state index in [4.69, 9.17) is 0 Å². The van der Waals surface area contributed by atoms with E-state index in [0.29, 0.717) is 16.9 Å². The number of carbonyl (C=O) groups excluding carboxylic acids is 1. The van der Waals surface area contributed by atoms with Crippen LogP contribution in [0.25, 0.3) is 0 Å². The van der Waals surface area contributed by atoms with E-state index in [1.54, 1.807) is 12.3 Å². The lowest BCUT2D eigenvalue weighted by Crippen LogP contribution is -2.34. The number of fused-ring (bicyclic) bond motifs is 1. The third kappa shape index (κ3) is 3.95. The topological polar surface area (TPSA) is 58.1 Å². The normalized spacial score (nSPS) is 22.1. The van der Waals surface area contributed by atoms with Gasteiger partial charge in [0.15, 0.2) is 0 Å². The van der Waals surface area contributed by atoms with Crippen molar-refractivity contribution < 1.29 is 26.7 Å². The summed E-state index contributed by atoms with van der Waals surface area (Å²) in [4.78, 5) is 22.6. The molecule has 166 valence electrons. The summed E-state index contributed by atoms with van der Waals surface area (Å²) in [6, 6.07) is 3.11. The van der Waals surface area contributed by atoms with Gasteiger partial charge in [0.25, 0.3) is 11.8 Å². The minimum Gasteiger partial charge on any atom is -0.355 e. The van der Waals surface area contributed by atoms with Crippen molar-refractivity contribution in [1.82, 2.24) is 9.97 Å². The van der Waals surface area contributed by atoms with E-state index in [-0.39, 0.29) is 36.5 Å². The van der Waals surface area contributed by atoms with Crippen LogP contribution in [-0.2, 0) is 6.18 Å². The summed E-state index contributed by atoms with van der Waals surface area (Å²) in [5.41, 5.74) is -1.23. The number of rotatable bonds is 4. The summed E-state index contributed by atoms with van der Waals surface area (Å²) in [7, 11) is 0. The first-order chi connectivity index (χ1) is 14.5. The van der Waals surface area contributed by atoms with Crippen LogP contribution in [0.2, 0.25) is 0 Å². The molecule has 5 nitrogen and oxygen atoms in total. The van der Waals surface area contributed by atoms with Crippen LogP contribution >= 0.6 is 11.8 Å². The molecule has 1 N–H and O–H groups in total. The number of nitrogens with one attached hydrogen (secondary N) is 1. The number of hydrogen-bond acceptors (Lipinski definition) is 5. The number of anilines is 2. The van der Waals surface area contributed by atoms with Crippen molar-refractivity contribution in [3.63, 3.8) is 0 Å². The molecule has 1 saturated heterocycles. The Morgan fingerprint density at radius 1 is 1.29 bits per heavy atom. The second kappa shape index (κ2) is 7.61. The van der Waals surface area contributed by atoms with Gasteiger partial charge in [-0.25, -0.2) is 18.7 Å². The number of alkyl halides is 5. The maximum Gasteiger partial charge on any atom is 0.418 e. The standard InChI is InChI=1S/C20H19F5N4OS/c1-10-13(20(23,24)25)8-27-17(29-6-4-12-14(9-29)19(12,21)22)16(10)18(30)28-11-3-5-26-15(7-11)31-2/h3,5,7-8,12,14H,4,6,9H2,1-2H3,(H,26,28,30). The quantitative estimate of drug-likeness (QED) is 0.523. The third-order valence-electron chi connectivity index (χ3n) is 5.84. The molecule has 31 heavy (non-hydrogen) atoms. The average Bonchev–Trinajstić information content (AvgIpc) is 3.26. The van der Waals surface area contributed by atoms with Crippen molar-refractivity contribution >= 4 is 29.2 Å². The minimum atomic E-state index is -4.70. The Balaban J connectivity index is 1.72. The van der Waals surface area contributed by atoms with Gasteiger partial charge in [0.05, 0.1) is 16.2 Å². The molecule has 1 saturated carbocycles. The maximum atomic E-state index is 13.8. The average molecular weight is 458 g/mol. The first-order valence-corrected chi connectivity index (χ1v) is 10.8. The molecule has 0 bridgehead atoms. The molecule has 0 radical (unpaired) electrons. The SMILES string of the molecule is CSc1cc(NC(=O)c2c(N3CCC4C(C3)C4(F)F)ncc(C(F)(F)F)c2C)ccn1. The number of aromatic nitrogens is 2. The highest BCUT2D eigenvalue weighted by Crippen LogP contribution is 2.59. The molecule has 3 heterocycles. The van der Waals surface area contributed by atoms with Gasteiger partial charge in [-0.05, 0) is 37.3 Å². The Kier molecular flexibility index (Phi) is 5.35. The number of pyridine rings is 2. The highest BCUT2D eigenvalue weighted by molar-refractivity contribution is 7.98. The monoisotopic (exact) mass is 458 g/mol. The number of piperidine rings is 1. The van der Waals surface area contributed by atoms with Crippen molar-refractivity contribution in [3.05, 3.63) is 41.2 Å². The Bertz CT molecular complexity index is 1030. The van der Waals surface area contributed by atoms with Gasteiger partial charge in [-0.1, -0.05) is 0 Å². The van der Waals surface area contributed by atoms with Crippen LogP contribution in [0.5, 0.6) is 0 Å². The molecule has 1 amide bonds.